The van der Waals surface area contributed by atoms with Gasteiger partial charge in [-0.15, -0.1) is 0 Å². The second-order valence-corrected chi connectivity index (χ2v) is 2.99. The second kappa shape index (κ2) is 5.91. The molecule has 0 spiro atoms. The van der Waals surface area contributed by atoms with Gasteiger partial charge in [-0.05, 0) is 19.1 Å². The van der Waals surface area contributed by atoms with Gasteiger partial charge in [0.2, 0.25) is 0 Å². The number of aliphatic hydroxyl groups is 1. The monoisotopic (exact) mass is 194 g/mol. The fraction of sp³-hybridized carbons (Fsp3) is 0.273. The number of aldehydes is 1. The van der Waals surface area contributed by atoms with E-state index in [-0.39, 0.29) is 17.5 Å². The molecule has 0 fully saturated rings. The fourth-order valence-electron chi connectivity index (χ4n) is 0.718. The van der Waals surface area contributed by atoms with Gasteiger partial charge in [0, 0.05) is 12.0 Å². The zero-order valence-electron chi connectivity index (χ0n) is 8.36. The first-order valence-corrected chi connectivity index (χ1v) is 4.21. The Morgan fingerprint density at radius 3 is 2.43 bits per heavy atom. The molecule has 14 heavy (non-hydrogen) atoms. The average molecular weight is 194 g/mol. The van der Waals surface area contributed by atoms with Gasteiger partial charge in [0.05, 0.1) is 0 Å². The molecule has 3 nitrogen and oxygen atoms in total. The summed E-state index contributed by atoms with van der Waals surface area (Å²) in [5.74, 6) is -0.796. The zero-order chi connectivity index (χ0) is 11.1. The lowest BCUT2D eigenvalue weighted by Gasteiger charge is -2.02. The summed E-state index contributed by atoms with van der Waals surface area (Å²) in [7, 11) is 0. The first-order chi connectivity index (χ1) is 6.51. The standard InChI is InChI=1S/C11H14O3/c1-4-10(13)6-11(14)5-8(2)9(3)7-12/h4-7,9,14H,1H2,2-3H3/b8-5+,11-6+. The SMILES string of the molecule is C=CC(=O)/C=C(O)\C=C(/C)C(C)C=O. The third-order valence-electron chi connectivity index (χ3n) is 1.79. The van der Waals surface area contributed by atoms with Crippen molar-refractivity contribution in [1.29, 1.82) is 0 Å². The van der Waals surface area contributed by atoms with Crippen molar-refractivity contribution in [3.63, 3.8) is 0 Å². The first kappa shape index (κ1) is 12.4. The van der Waals surface area contributed by atoms with Crippen LogP contribution in [0.5, 0.6) is 0 Å². The van der Waals surface area contributed by atoms with Crippen LogP contribution in [0.25, 0.3) is 0 Å². The van der Waals surface area contributed by atoms with Gasteiger partial charge >= 0.3 is 0 Å². The Bertz CT molecular complexity index is 298. The maximum atomic E-state index is 10.8. The van der Waals surface area contributed by atoms with Crippen LogP contribution in [-0.2, 0) is 9.59 Å². The molecule has 0 saturated carbocycles. The molecule has 0 aliphatic carbocycles. The summed E-state index contributed by atoms with van der Waals surface area (Å²) in [5.41, 5.74) is 0.700. The summed E-state index contributed by atoms with van der Waals surface area (Å²) in [6, 6.07) is 0. The molecule has 0 amide bonds. The van der Waals surface area contributed by atoms with Crippen LogP contribution in [0.4, 0.5) is 0 Å². The van der Waals surface area contributed by atoms with Crippen LogP contribution in [0.1, 0.15) is 13.8 Å². The molecule has 0 aliphatic rings. The van der Waals surface area contributed by atoms with Crippen LogP contribution < -0.4 is 0 Å². The van der Waals surface area contributed by atoms with Gasteiger partial charge in [-0.3, -0.25) is 4.79 Å². The van der Waals surface area contributed by atoms with E-state index < -0.39 is 0 Å². The molecule has 0 aromatic heterocycles. The number of carbonyl (C=O) groups is 2. The molecule has 1 N–H and O–H groups in total. The van der Waals surface area contributed by atoms with Gasteiger partial charge in [0.15, 0.2) is 5.78 Å². The highest BCUT2D eigenvalue weighted by Gasteiger charge is 2.02. The topological polar surface area (TPSA) is 54.4 Å². The van der Waals surface area contributed by atoms with Crippen LogP contribution in [0.2, 0.25) is 0 Å². The van der Waals surface area contributed by atoms with Gasteiger partial charge in [0.1, 0.15) is 12.0 Å². The number of aliphatic hydroxyl groups excluding tert-OH is 1. The van der Waals surface area contributed by atoms with Crippen molar-refractivity contribution in [2.75, 3.05) is 0 Å². The van der Waals surface area contributed by atoms with Gasteiger partial charge in [0.25, 0.3) is 0 Å². The highest BCUT2D eigenvalue weighted by Crippen LogP contribution is 2.08. The number of ketones is 1. The van der Waals surface area contributed by atoms with Crippen LogP contribution in [0.15, 0.2) is 36.1 Å². The second-order valence-electron chi connectivity index (χ2n) is 2.99. The van der Waals surface area contributed by atoms with Gasteiger partial charge < -0.3 is 9.90 Å². The normalized spacial score (nSPS) is 14.7. The van der Waals surface area contributed by atoms with Crippen LogP contribution in [0, 0.1) is 5.92 Å². The van der Waals surface area contributed by atoms with E-state index in [1.807, 2.05) is 0 Å². The first-order valence-electron chi connectivity index (χ1n) is 4.21. The van der Waals surface area contributed by atoms with Crippen molar-refractivity contribution < 1.29 is 14.7 Å². The minimum atomic E-state index is -0.370. The molecule has 0 saturated heterocycles. The molecule has 76 valence electrons. The van der Waals surface area contributed by atoms with Crippen molar-refractivity contribution in [3.05, 3.63) is 36.1 Å². The third-order valence-corrected chi connectivity index (χ3v) is 1.79. The number of hydrogen-bond donors (Lipinski definition) is 1. The number of allylic oxidation sites excluding steroid dienone is 4. The summed E-state index contributed by atoms with van der Waals surface area (Å²) < 4.78 is 0. The summed E-state index contributed by atoms with van der Waals surface area (Å²) in [6.07, 6.45) is 4.31. The number of carbonyl (C=O) groups excluding carboxylic acids is 2. The molecule has 0 bridgehead atoms. The lowest BCUT2D eigenvalue weighted by molar-refractivity contribution is -0.110. The van der Waals surface area contributed by atoms with Crippen LogP contribution in [0.3, 0.4) is 0 Å². The average Bonchev–Trinajstić information content (AvgIpc) is 2.15. The molecule has 1 atom stereocenters. The van der Waals surface area contributed by atoms with Crippen molar-refractivity contribution >= 4 is 12.1 Å². The molecule has 1 unspecified atom stereocenters. The van der Waals surface area contributed by atoms with Gasteiger partial charge in [-0.1, -0.05) is 19.1 Å². The molecule has 3 heteroatoms. The Morgan fingerprint density at radius 2 is 2.00 bits per heavy atom. The predicted molar refractivity (Wildman–Crippen MR) is 54.9 cm³/mol. The van der Waals surface area contributed by atoms with Crippen molar-refractivity contribution in [1.82, 2.24) is 0 Å². The molecule has 0 aromatic rings. The summed E-state index contributed by atoms with van der Waals surface area (Å²) >= 11 is 0. The smallest absolute Gasteiger partial charge is 0.181 e. The largest absolute Gasteiger partial charge is 0.508 e. The van der Waals surface area contributed by atoms with E-state index in [2.05, 4.69) is 6.58 Å². The Morgan fingerprint density at radius 1 is 1.43 bits per heavy atom. The summed E-state index contributed by atoms with van der Waals surface area (Å²) in [4.78, 5) is 21.2. The van der Waals surface area contributed by atoms with E-state index >= 15 is 0 Å². The molecular formula is C11H14O3. The van der Waals surface area contributed by atoms with Gasteiger partial charge in [-0.2, -0.15) is 0 Å². The van der Waals surface area contributed by atoms with E-state index in [0.717, 1.165) is 18.4 Å². The van der Waals surface area contributed by atoms with Crippen LogP contribution in [-0.4, -0.2) is 17.2 Å². The molecule has 0 rings (SSSR count). The number of rotatable bonds is 5. The quantitative estimate of drug-likeness (QED) is 0.315. The third kappa shape index (κ3) is 4.40. The van der Waals surface area contributed by atoms with Crippen molar-refractivity contribution in [2.24, 2.45) is 5.92 Å². The predicted octanol–water partition coefficient (Wildman–Crippen LogP) is 1.96. The van der Waals surface area contributed by atoms with E-state index in [1.165, 1.54) is 6.08 Å². The number of hydrogen-bond acceptors (Lipinski definition) is 3. The highest BCUT2D eigenvalue weighted by atomic mass is 16.3. The molecule has 0 aliphatic heterocycles. The maximum Gasteiger partial charge on any atom is 0.181 e. The van der Waals surface area contributed by atoms with E-state index in [0.29, 0.717) is 5.57 Å². The molecule has 0 heterocycles. The van der Waals surface area contributed by atoms with E-state index in [1.54, 1.807) is 13.8 Å². The minimum Gasteiger partial charge on any atom is -0.508 e. The van der Waals surface area contributed by atoms with Gasteiger partial charge in [-0.25, -0.2) is 0 Å². The van der Waals surface area contributed by atoms with E-state index in [9.17, 15) is 14.7 Å². The van der Waals surface area contributed by atoms with E-state index in [4.69, 9.17) is 0 Å². The van der Waals surface area contributed by atoms with Crippen molar-refractivity contribution in [3.8, 4) is 0 Å². The zero-order valence-corrected chi connectivity index (χ0v) is 8.36. The maximum absolute atomic E-state index is 10.8. The minimum absolute atomic E-state index is 0.166. The molecular weight excluding hydrogens is 180 g/mol. The summed E-state index contributed by atoms with van der Waals surface area (Å²) in [5, 5.41) is 9.27. The summed E-state index contributed by atoms with van der Waals surface area (Å²) in [6.45, 7) is 6.68. The Kier molecular flexibility index (Phi) is 5.22. The molecule has 0 radical (unpaired) electrons. The van der Waals surface area contributed by atoms with Crippen LogP contribution >= 0.6 is 0 Å². The Hall–Kier alpha value is -1.64. The lowest BCUT2D eigenvalue weighted by atomic mass is 10.0. The Balaban J connectivity index is 4.64. The fourth-order valence-corrected chi connectivity index (χ4v) is 0.718. The molecule has 0 aromatic carbocycles. The lowest BCUT2D eigenvalue weighted by Crippen LogP contribution is -1.98. The van der Waals surface area contributed by atoms with Crippen molar-refractivity contribution in [2.45, 2.75) is 13.8 Å². The highest BCUT2D eigenvalue weighted by molar-refractivity contribution is 5.99. The Labute approximate surface area is 83.4 Å².